The zero-order valence-electron chi connectivity index (χ0n) is 64.9. The van der Waals surface area contributed by atoms with Crippen LogP contribution in [-0.4, -0.2) is 47.1 Å². The number of hydrogen-bond acceptors (Lipinski definition) is 8. The van der Waals surface area contributed by atoms with Crippen molar-refractivity contribution in [3.63, 3.8) is 0 Å². The molecule has 0 bridgehead atoms. The van der Waals surface area contributed by atoms with Crippen LogP contribution >= 0.6 is 15.9 Å². The first kappa shape index (κ1) is 73.8. The van der Waals surface area contributed by atoms with Gasteiger partial charge in [-0.25, -0.2) is 19.9 Å². The third-order valence-electron chi connectivity index (χ3n) is 22.6. The first-order chi connectivity index (χ1) is 59.2. The summed E-state index contributed by atoms with van der Waals surface area (Å²) in [4.78, 5) is 28.7. The molecule has 18 aromatic carbocycles. The second-order valence-electron chi connectivity index (χ2n) is 30.0. The fourth-order valence-electron chi connectivity index (χ4n) is 16.7. The van der Waals surface area contributed by atoms with Crippen molar-refractivity contribution in [3.05, 3.63) is 430 Å². The molecule has 0 saturated carbocycles. The molecule has 0 atom stereocenters. The van der Waals surface area contributed by atoms with Crippen molar-refractivity contribution in [2.45, 2.75) is 0 Å². The molecule has 10 heteroatoms. The van der Waals surface area contributed by atoms with Gasteiger partial charge in [-0.1, -0.05) is 337 Å². The Morgan fingerprint density at radius 2 is 0.517 bits per heavy atom. The number of aromatic nitrogens is 6. The highest BCUT2D eigenvalue weighted by Crippen LogP contribution is 2.45. The number of benzene rings is 18. The summed E-state index contributed by atoms with van der Waals surface area (Å²) in [5, 5.41) is 39.3. The van der Waals surface area contributed by atoms with Crippen LogP contribution in [0.4, 0.5) is 0 Å². The third kappa shape index (κ3) is 14.8. The fourth-order valence-corrected chi connectivity index (χ4v) is 17.3. The summed E-state index contributed by atoms with van der Waals surface area (Å²) in [6.45, 7) is 0. The van der Waals surface area contributed by atoms with Crippen molar-refractivity contribution in [1.82, 2.24) is 29.9 Å². The van der Waals surface area contributed by atoms with Crippen LogP contribution in [0.2, 0.25) is 0 Å². The summed E-state index contributed by atoms with van der Waals surface area (Å²) in [5.74, 6) is 1.20. The van der Waals surface area contributed by atoms with Crippen LogP contribution in [-0.2, 0) is 0 Å². The fraction of sp³-hybridized carbons (Fsp3) is 0. The summed E-state index contributed by atoms with van der Waals surface area (Å²) in [7, 11) is -1.56. The van der Waals surface area contributed by atoms with Gasteiger partial charge in [-0.2, -0.15) is 0 Å². The Morgan fingerprint density at radius 3 is 0.950 bits per heavy atom. The Labute approximate surface area is 702 Å². The van der Waals surface area contributed by atoms with Gasteiger partial charge in [0.05, 0.1) is 22.8 Å². The number of halogens is 1. The summed E-state index contributed by atoms with van der Waals surface area (Å²) >= 11 is 3.79. The topological polar surface area (TPSA) is 118 Å². The van der Waals surface area contributed by atoms with Gasteiger partial charge in [-0.05, 0) is 215 Å². The van der Waals surface area contributed by atoms with Crippen molar-refractivity contribution < 1.29 is 10.0 Å². The van der Waals surface area contributed by atoms with Crippen LogP contribution in [0.25, 0.3) is 210 Å². The first-order valence-corrected chi connectivity index (χ1v) is 40.9. The predicted octanol–water partition coefficient (Wildman–Crippen LogP) is 27.4. The maximum Gasteiger partial charge on any atom is 0.488 e. The van der Waals surface area contributed by atoms with Crippen molar-refractivity contribution in [2.75, 3.05) is 0 Å². The zero-order valence-corrected chi connectivity index (χ0v) is 66.5. The maximum atomic E-state index is 9.61. The van der Waals surface area contributed by atoms with Gasteiger partial charge in [-0.15, -0.1) is 0 Å². The molecular weight excluding hydrogens is 1530 g/mol. The average Bonchev–Trinajstić information content (AvgIpc) is 0.732. The SMILES string of the molecule is Brc1cc2c3ccccc3c(-c3ccc4ccccc4c3)cc2c2ccccc12.OB(O)c1cccc(-c2nc(-c3ccccc3)cc(-c3cccc(-c4cccnc4)c3)n2)c1.c1ccc(-c2cc(-c3cccc(-c4cccnc4)c3)nc(-c3cccc(-c4cc5c6ccccc6c(-c6ccc7ccccc7c6)cc5c5ccccc45)c3)n2)cc1. The molecule has 2 N–H and O–H groups in total. The smallest absolute Gasteiger partial charge is 0.423 e. The molecular formula is C110H72BBrN6O2. The molecule has 0 aliphatic rings. The van der Waals surface area contributed by atoms with E-state index in [1.807, 2.05) is 97.3 Å². The zero-order chi connectivity index (χ0) is 80.4. The highest BCUT2D eigenvalue weighted by atomic mass is 79.9. The van der Waals surface area contributed by atoms with Gasteiger partial charge in [0.2, 0.25) is 0 Å². The van der Waals surface area contributed by atoms with Gasteiger partial charge in [0.1, 0.15) is 0 Å². The van der Waals surface area contributed by atoms with Gasteiger partial charge in [0, 0.05) is 73.8 Å². The second kappa shape index (κ2) is 32.6. The molecule has 0 radical (unpaired) electrons. The Balaban J connectivity index is 0.000000125. The van der Waals surface area contributed by atoms with Crippen LogP contribution in [0.3, 0.4) is 0 Å². The number of hydrogen-bond donors (Lipinski definition) is 2. The summed E-state index contributed by atoms with van der Waals surface area (Å²) in [6.07, 6.45) is 7.30. The Bertz CT molecular complexity index is 7670. The van der Waals surface area contributed by atoms with E-state index >= 15 is 0 Å². The first-order valence-electron chi connectivity index (χ1n) is 40.1. The molecule has 4 aromatic heterocycles. The van der Waals surface area contributed by atoms with E-state index < -0.39 is 7.12 Å². The van der Waals surface area contributed by atoms with E-state index in [-0.39, 0.29) is 0 Å². The van der Waals surface area contributed by atoms with Crippen molar-refractivity contribution in [1.29, 1.82) is 0 Å². The summed E-state index contributed by atoms with van der Waals surface area (Å²) < 4.78 is 1.14. The van der Waals surface area contributed by atoms with Crippen LogP contribution in [0.1, 0.15) is 0 Å². The molecule has 120 heavy (non-hydrogen) atoms. The molecule has 4 heterocycles. The van der Waals surface area contributed by atoms with Gasteiger partial charge < -0.3 is 10.0 Å². The van der Waals surface area contributed by atoms with E-state index in [9.17, 15) is 10.0 Å². The quantitative estimate of drug-likeness (QED) is 0.0917. The Morgan fingerprint density at radius 1 is 0.200 bits per heavy atom. The molecule has 22 rings (SSSR count). The number of nitrogens with zero attached hydrogens (tertiary/aromatic N) is 6. The lowest BCUT2D eigenvalue weighted by Crippen LogP contribution is -2.29. The number of pyridine rings is 2. The standard InChI is InChI=1S/C55H35N3.C28H17Br.C27H20BN3O2/c1-2-14-37(15-3-1)53-34-54(42-19-10-17-39(30-42)44-21-12-28-56-35-44)58-55(57-53)43-20-11-18-40(31-43)49-32-51-48-25-9-7-23-46(48)50(33-52(51)47-24-8-6-22-45(47)49)41-27-26-36-13-4-5-16-38(36)29-41;29-28-17-27-22-10-4-3-9-21(22)25(16-26(27)23-11-5-6-12-24(23)28)20-14-13-18-7-1-2-8-19(18)15-20;32-28(33)24-13-5-11-22(16-24)27-30-25(19-7-2-1-3-8-19)17-26(31-27)21-10-4-9-20(15-21)23-12-6-14-29-18-23/h1-35H;1-17H;1-18,32-33H. The summed E-state index contributed by atoms with van der Waals surface area (Å²) in [6, 6.07) is 140. The van der Waals surface area contributed by atoms with Crippen molar-refractivity contribution in [3.8, 4) is 123 Å². The van der Waals surface area contributed by atoms with E-state index in [0.717, 1.165) is 82.9 Å². The molecule has 0 unspecified atom stereocenters. The minimum atomic E-state index is -1.56. The van der Waals surface area contributed by atoms with Gasteiger partial charge in [0.25, 0.3) is 0 Å². The second-order valence-corrected chi connectivity index (χ2v) is 30.9. The van der Waals surface area contributed by atoms with E-state index in [4.69, 9.17) is 19.9 Å². The summed E-state index contributed by atoms with van der Waals surface area (Å²) in [5.41, 5.74) is 20.9. The van der Waals surface area contributed by atoms with Crippen LogP contribution < -0.4 is 5.46 Å². The minimum absolute atomic E-state index is 0.390. The van der Waals surface area contributed by atoms with Crippen LogP contribution in [0.5, 0.6) is 0 Å². The molecule has 0 aliphatic carbocycles. The lowest BCUT2D eigenvalue weighted by molar-refractivity contribution is 0.426. The molecule has 0 amide bonds. The van der Waals surface area contributed by atoms with E-state index in [0.29, 0.717) is 22.7 Å². The van der Waals surface area contributed by atoms with E-state index in [2.05, 4.69) is 323 Å². The van der Waals surface area contributed by atoms with Gasteiger partial charge >= 0.3 is 7.12 Å². The lowest BCUT2D eigenvalue weighted by Gasteiger charge is -2.17. The van der Waals surface area contributed by atoms with E-state index in [1.165, 1.54) is 114 Å². The molecule has 0 aliphatic heterocycles. The highest BCUT2D eigenvalue weighted by Gasteiger charge is 2.21. The molecule has 8 nitrogen and oxygen atoms in total. The maximum absolute atomic E-state index is 9.61. The normalized spacial score (nSPS) is 11.3. The lowest BCUT2D eigenvalue weighted by atomic mass is 9.79. The van der Waals surface area contributed by atoms with E-state index in [1.54, 1.807) is 30.6 Å². The third-order valence-corrected chi connectivity index (χ3v) is 23.3. The van der Waals surface area contributed by atoms with Crippen LogP contribution in [0, 0.1) is 0 Å². The number of rotatable bonds is 12. The average molecular weight is 1600 g/mol. The largest absolute Gasteiger partial charge is 0.488 e. The molecule has 0 saturated heterocycles. The van der Waals surface area contributed by atoms with Crippen molar-refractivity contribution in [2.24, 2.45) is 0 Å². The van der Waals surface area contributed by atoms with Gasteiger partial charge in [-0.3, -0.25) is 9.97 Å². The Hall–Kier alpha value is -15.0. The van der Waals surface area contributed by atoms with Crippen molar-refractivity contribution >= 4 is 115 Å². The van der Waals surface area contributed by atoms with Gasteiger partial charge in [0.15, 0.2) is 11.6 Å². The minimum Gasteiger partial charge on any atom is -0.423 e. The molecule has 0 fully saturated rings. The number of fused-ring (bicyclic) bond motifs is 12. The highest BCUT2D eigenvalue weighted by molar-refractivity contribution is 9.10. The molecule has 22 aromatic rings. The molecule has 564 valence electrons. The van der Waals surface area contributed by atoms with Crippen LogP contribution in [0.15, 0.2) is 430 Å². The monoisotopic (exact) mass is 1600 g/mol. The molecule has 0 spiro atoms. The Kier molecular flexibility index (Phi) is 20.0. The predicted molar refractivity (Wildman–Crippen MR) is 503 cm³/mol.